The van der Waals surface area contributed by atoms with E-state index in [0.29, 0.717) is 17.3 Å². The van der Waals surface area contributed by atoms with E-state index < -0.39 is 5.60 Å². The smallest absolute Gasteiger partial charge is 0.326 e. The van der Waals surface area contributed by atoms with E-state index in [-0.39, 0.29) is 19.3 Å². The first-order valence-corrected chi connectivity index (χ1v) is 8.48. The highest BCUT2D eigenvalue weighted by Crippen LogP contribution is 2.36. The lowest BCUT2D eigenvalue weighted by atomic mass is 10.2. The van der Waals surface area contributed by atoms with Crippen molar-refractivity contribution in [1.82, 2.24) is 9.55 Å². The van der Waals surface area contributed by atoms with E-state index >= 15 is 0 Å². The molecule has 0 bridgehead atoms. The lowest BCUT2D eigenvalue weighted by Gasteiger charge is -2.20. The summed E-state index contributed by atoms with van der Waals surface area (Å²) in [4.78, 5) is 17.1. The summed E-state index contributed by atoms with van der Waals surface area (Å²) in [6, 6.07) is 13.4. The molecule has 3 aromatic rings. The summed E-state index contributed by atoms with van der Waals surface area (Å²) >= 11 is 0. The fourth-order valence-corrected chi connectivity index (χ4v) is 2.99. The standard InChI is InChI=1S/C20H20N2O4/c1-20(2,3)26-18(23)11-22-15-7-5-4-6-14(15)21-19(22)13-8-9-16-17(10-13)25-12-24-16/h4-10H,11-12H2,1-3H3. The summed E-state index contributed by atoms with van der Waals surface area (Å²) in [5.74, 6) is 1.78. The van der Waals surface area contributed by atoms with Crippen molar-refractivity contribution >= 4 is 17.0 Å². The first-order chi connectivity index (χ1) is 12.4. The molecular weight excluding hydrogens is 332 g/mol. The Kier molecular flexibility index (Phi) is 3.83. The van der Waals surface area contributed by atoms with Gasteiger partial charge in [-0.2, -0.15) is 0 Å². The lowest BCUT2D eigenvalue weighted by molar-refractivity contribution is -0.155. The Hall–Kier alpha value is -3.02. The number of hydrogen-bond acceptors (Lipinski definition) is 5. The van der Waals surface area contributed by atoms with Gasteiger partial charge in [0.25, 0.3) is 0 Å². The van der Waals surface area contributed by atoms with Gasteiger partial charge in [-0.25, -0.2) is 4.98 Å². The summed E-state index contributed by atoms with van der Waals surface area (Å²) in [6.07, 6.45) is 0. The van der Waals surface area contributed by atoms with Gasteiger partial charge in [-0.05, 0) is 51.1 Å². The zero-order chi connectivity index (χ0) is 18.3. The zero-order valence-electron chi connectivity index (χ0n) is 15.0. The van der Waals surface area contributed by atoms with Gasteiger partial charge in [0, 0.05) is 5.56 Å². The maximum Gasteiger partial charge on any atom is 0.326 e. The third kappa shape index (κ3) is 3.10. The van der Waals surface area contributed by atoms with E-state index in [2.05, 4.69) is 0 Å². The third-order valence-corrected chi connectivity index (χ3v) is 3.99. The molecule has 2 aromatic carbocycles. The SMILES string of the molecule is CC(C)(C)OC(=O)Cn1c(-c2ccc3c(c2)OCO3)nc2ccccc21. The second kappa shape index (κ2) is 6.05. The van der Waals surface area contributed by atoms with Crippen LogP contribution in [0.15, 0.2) is 42.5 Å². The van der Waals surface area contributed by atoms with Crippen LogP contribution in [0.1, 0.15) is 20.8 Å². The van der Waals surface area contributed by atoms with Crippen molar-refractivity contribution in [3.05, 3.63) is 42.5 Å². The van der Waals surface area contributed by atoms with E-state index in [4.69, 9.17) is 19.2 Å². The second-order valence-electron chi connectivity index (χ2n) is 7.16. The summed E-state index contributed by atoms with van der Waals surface area (Å²) in [5, 5.41) is 0. The molecule has 4 rings (SSSR count). The number of rotatable bonds is 3. The van der Waals surface area contributed by atoms with Crippen LogP contribution in [0, 0.1) is 0 Å². The van der Waals surface area contributed by atoms with Gasteiger partial charge in [0.05, 0.1) is 11.0 Å². The molecule has 26 heavy (non-hydrogen) atoms. The van der Waals surface area contributed by atoms with E-state index in [9.17, 15) is 4.79 Å². The van der Waals surface area contributed by atoms with Crippen molar-refractivity contribution < 1.29 is 19.0 Å². The molecule has 0 saturated carbocycles. The number of esters is 1. The molecule has 6 heteroatoms. The van der Waals surface area contributed by atoms with Crippen LogP contribution < -0.4 is 9.47 Å². The molecule has 2 heterocycles. The minimum absolute atomic E-state index is 0.0849. The maximum absolute atomic E-state index is 12.4. The Morgan fingerprint density at radius 1 is 1.15 bits per heavy atom. The van der Waals surface area contributed by atoms with Gasteiger partial charge in [0.15, 0.2) is 11.5 Å². The number of para-hydroxylation sites is 2. The van der Waals surface area contributed by atoms with Crippen molar-refractivity contribution in [1.29, 1.82) is 0 Å². The molecule has 0 radical (unpaired) electrons. The maximum atomic E-state index is 12.4. The molecule has 1 aromatic heterocycles. The summed E-state index contributed by atoms with van der Waals surface area (Å²) < 4.78 is 18.2. The van der Waals surface area contributed by atoms with Gasteiger partial charge in [-0.3, -0.25) is 4.79 Å². The van der Waals surface area contributed by atoms with Crippen LogP contribution in [0.4, 0.5) is 0 Å². The summed E-state index contributed by atoms with van der Waals surface area (Å²) in [6.45, 7) is 5.87. The van der Waals surface area contributed by atoms with Crippen molar-refractivity contribution in [3.8, 4) is 22.9 Å². The minimum Gasteiger partial charge on any atom is -0.459 e. The fourth-order valence-electron chi connectivity index (χ4n) is 2.99. The van der Waals surface area contributed by atoms with Crippen molar-refractivity contribution in [2.24, 2.45) is 0 Å². The largest absolute Gasteiger partial charge is 0.459 e. The van der Waals surface area contributed by atoms with Gasteiger partial charge >= 0.3 is 5.97 Å². The Balaban J connectivity index is 1.78. The van der Waals surface area contributed by atoms with Gasteiger partial charge in [0.1, 0.15) is 18.0 Å². The Morgan fingerprint density at radius 2 is 1.92 bits per heavy atom. The molecule has 0 saturated heterocycles. The Labute approximate surface area is 151 Å². The van der Waals surface area contributed by atoms with E-state index in [1.54, 1.807) is 0 Å². The molecule has 6 nitrogen and oxygen atoms in total. The second-order valence-corrected chi connectivity index (χ2v) is 7.16. The molecule has 0 unspecified atom stereocenters. The number of imidazole rings is 1. The molecular formula is C20H20N2O4. The molecule has 0 N–H and O–H groups in total. The minimum atomic E-state index is -0.535. The van der Waals surface area contributed by atoms with Gasteiger partial charge < -0.3 is 18.8 Å². The van der Waals surface area contributed by atoms with Gasteiger partial charge in [-0.15, -0.1) is 0 Å². The fraction of sp³-hybridized carbons (Fsp3) is 0.300. The number of aromatic nitrogens is 2. The normalized spacial score (nSPS) is 13.2. The highest BCUT2D eigenvalue weighted by Gasteiger charge is 2.21. The van der Waals surface area contributed by atoms with E-state index in [1.165, 1.54) is 0 Å². The number of carbonyl (C=O) groups excluding carboxylic acids is 1. The van der Waals surface area contributed by atoms with Crippen LogP contribution in [0.25, 0.3) is 22.4 Å². The average Bonchev–Trinajstić information content (AvgIpc) is 3.17. The van der Waals surface area contributed by atoms with Gasteiger partial charge in [-0.1, -0.05) is 12.1 Å². The van der Waals surface area contributed by atoms with Crippen molar-refractivity contribution in [2.45, 2.75) is 32.9 Å². The highest BCUT2D eigenvalue weighted by molar-refractivity contribution is 5.83. The summed E-state index contributed by atoms with van der Waals surface area (Å²) in [5.41, 5.74) is 2.02. The molecule has 1 aliphatic rings. The first kappa shape index (κ1) is 16.4. The number of nitrogens with zero attached hydrogens (tertiary/aromatic N) is 2. The molecule has 0 fully saturated rings. The van der Waals surface area contributed by atoms with E-state index in [1.807, 2.05) is 67.8 Å². The number of hydrogen-bond donors (Lipinski definition) is 0. The van der Waals surface area contributed by atoms with Crippen molar-refractivity contribution in [3.63, 3.8) is 0 Å². The van der Waals surface area contributed by atoms with Gasteiger partial charge in [0.2, 0.25) is 6.79 Å². The van der Waals surface area contributed by atoms with Crippen LogP contribution >= 0.6 is 0 Å². The monoisotopic (exact) mass is 352 g/mol. The molecule has 0 amide bonds. The first-order valence-electron chi connectivity index (χ1n) is 8.48. The molecule has 0 aliphatic carbocycles. The predicted molar refractivity (Wildman–Crippen MR) is 97.1 cm³/mol. The highest BCUT2D eigenvalue weighted by atomic mass is 16.7. The molecule has 0 atom stereocenters. The molecule has 0 spiro atoms. The number of benzene rings is 2. The average molecular weight is 352 g/mol. The van der Waals surface area contributed by atoms with Crippen molar-refractivity contribution in [2.75, 3.05) is 6.79 Å². The summed E-state index contributed by atoms with van der Waals surface area (Å²) in [7, 11) is 0. The van der Waals surface area contributed by atoms with Crippen LogP contribution in [-0.4, -0.2) is 27.9 Å². The lowest BCUT2D eigenvalue weighted by Crippen LogP contribution is -2.26. The predicted octanol–water partition coefficient (Wildman–Crippen LogP) is 3.77. The number of ether oxygens (including phenoxy) is 3. The zero-order valence-corrected chi connectivity index (χ0v) is 15.0. The Morgan fingerprint density at radius 3 is 2.73 bits per heavy atom. The quantitative estimate of drug-likeness (QED) is 0.672. The molecule has 1 aliphatic heterocycles. The number of carbonyl (C=O) groups is 1. The van der Waals surface area contributed by atoms with Crippen LogP contribution in [0.3, 0.4) is 0 Å². The topological polar surface area (TPSA) is 62.6 Å². The number of fused-ring (bicyclic) bond motifs is 2. The van der Waals surface area contributed by atoms with Crippen LogP contribution in [0.5, 0.6) is 11.5 Å². The van der Waals surface area contributed by atoms with Crippen LogP contribution in [0.2, 0.25) is 0 Å². The Bertz CT molecular complexity index is 985. The molecule has 134 valence electrons. The van der Waals surface area contributed by atoms with E-state index in [0.717, 1.165) is 16.6 Å². The van der Waals surface area contributed by atoms with Crippen LogP contribution in [-0.2, 0) is 16.1 Å². The third-order valence-electron chi connectivity index (χ3n) is 3.99.